The van der Waals surface area contributed by atoms with E-state index in [2.05, 4.69) is 32.5 Å². The number of benzene rings is 2. The molecule has 5 aromatic rings. The summed E-state index contributed by atoms with van der Waals surface area (Å²) in [5.74, 6) is 1.33. The molecule has 0 saturated heterocycles. The molecule has 0 aliphatic carbocycles. The molecule has 34 heavy (non-hydrogen) atoms. The fourth-order valence-corrected chi connectivity index (χ4v) is 4.25. The number of fused-ring (bicyclic) bond motifs is 1. The second-order valence-electron chi connectivity index (χ2n) is 8.22. The molecule has 0 aliphatic heterocycles. The summed E-state index contributed by atoms with van der Waals surface area (Å²) in [6.07, 6.45) is 1.59. The Labute approximate surface area is 194 Å². The molecule has 0 aliphatic rings. The van der Waals surface area contributed by atoms with Gasteiger partial charge in [-0.2, -0.15) is 5.21 Å². The molecule has 3 aromatic heterocycles. The normalized spacial score (nSPS) is 11.4. The van der Waals surface area contributed by atoms with Crippen LogP contribution in [0.2, 0.25) is 0 Å². The number of H-pyrrole nitrogens is 1. The molecule has 1 N–H and O–H groups in total. The Kier molecular flexibility index (Phi) is 5.40. The predicted molar refractivity (Wildman–Crippen MR) is 128 cm³/mol. The standard InChI is InChI=1S/C24H24N8O2/c1-4-7-19-25-22-20(23(33)31(3)24(34)30(22)2)32(19)14-15-10-12-16(13-11-15)17-8-5-6-9-18(17)21-26-28-29-27-21/h5-6,8-13H,4,7,14H2,1-3H3,(H,26,27,28,29). The number of nitrogens with one attached hydrogen (secondary N) is 1. The number of nitrogens with zero attached hydrogens (tertiary/aromatic N) is 7. The molecule has 3 heterocycles. The van der Waals surface area contributed by atoms with Gasteiger partial charge in [0.05, 0.1) is 0 Å². The van der Waals surface area contributed by atoms with E-state index in [1.54, 1.807) is 7.05 Å². The highest BCUT2D eigenvalue weighted by molar-refractivity contribution is 5.80. The summed E-state index contributed by atoms with van der Waals surface area (Å²) in [6, 6.07) is 16.1. The summed E-state index contributed by atoms with van der Waals surface area (Å²) in [7, 11) is 3.14. The molecule has 0 spiro atoms. The zero-order valence-corrected chi connectivity index (χ0v) is 19.2. The van der Waals surface area contributed by atoms with Crippen LogP contribution in [0.5, 0.6) is 0 Å². The van der Waals surface area contributed by atoms with E-state index < -0.39 is 0 Å². The van der Waals surface area contributed by atoms with Crippen LogP contribution < -0.4 is 11.2 Å². The minimum absolute atomic E-state index is 0.335. The van der Waals surface area contributed by atoms with Gasteiger partial charge in [-0.25, -0.2) is 9.78 Å². The van der Waals surface area contributed by atoms with Gasteiger partial charge >= 0.3 is 5.69 Å². The van der Waals surface area contributed by atoms with Crippen LogP contribution in [-0.2, 0) is 27.1 Å². The molecule has 0 bridgehead atoms. The Morgan fingerprint density at radius 2 is 1.68 bits per heavy atom. The molecule has 0 fully saturated rings. The van der Waals surface area contributed by atoms with E-state index >= 15 is 0 Å². The van der Waals surface area contributed by atoms with E-state index in [1.807, 2.05) is 53.1 Å². The number of hydrogen-bond acceptors (Lipinski definition) is 6. The number of hydrogen-bond donors (Lipinski definition) is 1. The third-order valence-corrected chi connectivity index (χ3v) is 6.02. The summed E-state index contributed by atoms with van der Waals surface area (Å²) >= 11 is 0. The molecular formula is C24H24N8O2. The van der Waals surface area contributed by atoms with Gasteiger partial charge in [-0.1, -0.05) is 55.5 Å². The smallest absolute Gasteiger partial charge is 0.318 e. The fraction of sp³-hybridized carbons (Fsp3) is 0.250. The van der Waals surface area contributed by atoms with Crippen molar-refractivity contribution in [3.8, 4) is 22.5 Å². The number of rotatable bonds is 6. The highest BCUT2D eigenvalue weighted by Gasteiger charge is 2.19. The summed E-state index contributed by atoms with van der Waals surface area (Å²) < 4.78 is 4.50. The number of imidazole rings is 1. The minimum atomic E-state index is -0.380. The maximum atomic E-state index is 13.0. The van der Waals surface area contributed by atoms with Gasteiger partial charge in [0.25, 0.3) is 5.56 Å². The van der Waals surface area contributed by atoms with Crippen molar-refractivity contribution in [2.75, 3.05) is 0 Å². The largest absolute Gasteiger partial charge is 0.332 e. The van der Waals surface area contributed by atoms with Gasteiger partial charge in [0.15, 0.2) is 11.2 Å². The molecule has 0 amide bonds. The van der Waals surface area contributed by atoms with Crippen molar-refractivity contribution in [2.24, 2.45) is 14.1 Å². The summed E-state index contributed by atoms with van der Waals surface area (Å²) in [4.78, 5) is 30.0. The van der Waals surface area contributed by atoms with Crippen LogP contribution in [0.1, 0.15) is 24.7 Å². The van der Waals surface area contributed by atoms with Crippen molar-refractivity contribution in [1.82, 2.24) is 39.3 Å². The van der Waals surface area contributed by atoms with Crippen molar-refractivity contribution in [2.45, 2.75) is 26.3 Å². The second kappa shape index (κ2) is 8.54. The molecule has 5 rings (SSSR count). The molecule has 172 valence electrons. The Morgan fingerprint density at radius 1 is 0.941 bits per heavy atom. The highest BCUT2D eigenvalue weighted by atomic mass is 16.2. The molecule has 0 radical (unpaired) electrons. The fourth-order valence-electron chi connectivity index (χ4n) is 4.25. The van der Waals surface area contributed by atoms with Gasteiger partial charge < -0.3 is 4.57 Å². The van der Waals surface area contributed by atoms with Gasteiger partial charge in [-0.15, -0.1) is 10.2 Å². The van der Waals surface area contributed by atoms with Gasteiger partial charge in [0.2, 0.25) is 5.82 Å². The lowest BCUT2D eigenvalue weighted by atomic mass is 9.98. The first-order valence-electron chi connectivity index (χ1n) is 11.1. The Morgan fingerprint density at radius 3 is 2.35 bits per heavy atom. The number of aryl methyl sites for hydroxylation is 2. The summed E-state index contributed by atoms with van der Waals surface area (Å²) in [5.41, 5.74) is 4.08. The first kappa shape index (κ1) is 21.5. The molecule has 10 nitrogen and oxygen atoms in total. The van der Waals surface area contributed by atoms with Gasteiger partial charge in [0.1, 0.15) is 5.82 Å². The third-order valence-electron chi connectivity index (χ3n) is 6.02. The Balaban J connectivity index is 1.56. The SMILES string of the molecule is CCCc1nc2c(c(=O)n(C)c(=O)n2C)n1Cc1ccc(-c2ccccc2-c2nn[nH]n2)cc1. The average molecular weight is 457 g/mol. The van der Waals surface area contributed by atoms with E-state index in [0.29, 0.717) is 30.0 Å². The van der Waals surface area contributed by atoms with Crippen LogP contribution in [-0.4, -0.2) is 39.3 Å². The maximum Gasteiger partial charge on any atom is 0.332 e. The average Bonchev–Trinajstić information content (AvgIpc) is 3.51. The lowest BCUT2D eigenvalue weighted by molar-refractivity contribution is 0.696. The van der Waals surface area contributed by atoms with E-state index in [-0.39, 0.29) is 11.2 Å². The van der Waals surface area contributed by atoms with Gasteiger partial charge in [-0.3, -0.25) is 13.9 Å². The predicted octanol–water partition coefficient (Wildman–Crippen LogP) is 2.28. The van der Waals surface area contributed by atoms with Crippen LogP contribution in [0, 0.1) is 0 Å². The zero-order chi connectivity index (χ0) is 23.8. The van der Waals surface area contributed by atoms with Crippen LogP contribution in [0.3, 0.4) is 0 Å². The van der Waals surface area contributed by atoms with Crippen molar-refractivity contribution in [1.29, 1.82) is 0 Å². The maximum absolute atomic E-state index is 13.0. The van der Waals surface area contributed by atoms with Crippen molar-refractivity contribution in [3.05, 3.63) is 80.8 Å². The molecule has 0 unspecified atom stereocenters. The van der Waals surface area contributed by atoms with Crippen molar-refractivity contribution >= 4 is 11.2 Å². The summed E-state index contributed by atoms with van der Waals surface area (Å²) in [6.45, 7) is 2.54. The van der Waals surface area contributed by atoms with Crippen LogP contribution in [0.25, 0.3) is 33.7 Å². The molecule has 0 saturated carbocycles. The van der Waals surface area contributed by atoms with Crippen molar-refractivity contribution < 1.29 is 0 Å². The number of aromatic nitrogens is 8. The van der Waals surface area contributed by atoms with E-state index in [0.717, 1.165) is 39.1 Å². The highest BCUT2D eigenvalue weighted by Crippen LogP contribution is 2.30. The molecule has 10 heteroatoms. The monoisotopic (exact) mass is 456 g/mol. The van der Waals surface area contributed by atoms with Crippen LogP contribution in [0.15, 0.2) is 58.1 Å². The second-order valence-corrected chi connectivity index (χ2v) is 8.22. The first-order chi connectivity index (χ1) is 16.5. The topological polar surface area (TPSA) is 116 Å². The number of aromatic amines is 1. The van der Waals surface area contributed by atoms with Gasteiger partial charge in [-0.05, 0) is 28.3 Å². The van der Waals surface area contributed by atoms with Crippen LogP contribution in [0.4, 0.5) is 0 Å². The van der Waals surface area contributed by atoms with Crippen LogP contribution >= 0.6 is 0 Å². The minimum Gasteiger partial charge on any atom is -0.318 e. The molecule has 0 atom stereocenters. The lowest BCUT2D eigenvalue weighted by Crippen LogP contribution is -2.37. The summed E-state index contributed by atoms with van der Waals surface area (Å²) in [5, 5.41) is 14.4. The Bertz CT molecular complexity index is 1590. The van der Waals surface area contributed by atoms with Crippen molar-refractivity contribution in [3.63, 3.8) is 0 Å². The Hall–Kier alpha value is -4.34. The van der Waals surface area contributed by atoms with Gasteiger partial charge in [0, 0.05) is 32.6 Å². The van der Waals surface area contributed by atoms with E-state index in [4.69, 9.17) is 0 Å². The number of tetrazole rings is 1. The quantitative estimate of drug-likeness (QED) is 0.419. The molecule has 2 aromatic carbocycles. The first-order valence-corrected chi connectivity index (χ1v) is 11.1. The zero-order valence-electron chi connectivity index (χ0n) is 19.2. The molecular weight excluding hydrogens is 432 g/mol. The van der Waals surface area contributed by atoms with E-state index in [1.165, 1.54) is 11.6 Å². The lowest BCUT2D eigenvalue weighted by Gasteiger charge is -2.11. The van der Waals surface area contributed by atoms with E-state index in [9.17, 15) is 9.59 Å². The third kappa shape index (κ3) is 3.53.